The lowest BCUT2D eigenvalue weighted by atomic mass is 10.0. The molecule has 3 aromatic rings. The SMILES string of the molecule is CCN(CC(=O)Nc1cc(Cl)ccc1C)Cc1cc(=O)oc2c(C)c(C)ccc12. The van der Waals surface area contributed by atoms with E-state index in [9.17, 15) is 9.59 Å². The van der Waals surface area contributed by atoms with Gasteiger partial charge in [-0.2, -0.15) is 0 Å². The summed E-state index contributed by atoms with van der Waals surface area (Å²) in [7, 11) is 0. The molecule has 0 aliphatic rings. The molecule has 0 spiro atoms. The lowest BCUT2D eigenvalue weighted by Crippen LogP contribution is -2.33. The van der Waals surface area contributed by atoms with Crippen LogP contribution in [0.5, 0.6) is 0 Å². The number of fused-ring (bicyclic) bond motifs is 1. The monoisotopic (exact) mass is 412 g/mol. The average Bonchev–Trinajstić information content (AvgIpc) is 2.67. The Morgan fingerprint density at radius 3 is 2.55 bits per heavy atom. The highest BCUT2D eigenvalue weighted by Crippen LogP contribution is 2.24. The van der Waals surface area contributed by atoms with Crippen LogP contribution in [0.25, 0.3) is 11.0 Å². The number of halogens is 1. The third-order valence-corrected chi connectivity index (χ3v) is 5.43. The summed E-state index contributed by atoms with van der Waals surface area (Å²) in [5, 5.41) is 4.40. The van der Waals surface area contributed by atoms with Gasteiger partial charge in [0.15, 0.2) is 0 Å². The molecule has 6 heteroatoms. The van der Waals surface area contributed by atoms with Crippen molar-refractivity contribution in [3.05, 3.63) is 74.1 Å². The topological polar surface area (TPSA) is 62.6 Å². The molecule has 0 saturated heterocycles. The van der Waals surface area contributed by atoms with Crippen LogP contribution < -0.4 is 10.9 Å². The molecule has 3 rings (SSSR count). The van der Waals surface area contributed by atoms with Crippen molar-refractivity contribution in [2.24, 2.45) is 0 Å². The van der Waals surface area contributed by atoms with E-state index < -0.39 is 0 Å². The third kappa shape index (κ3) is 4.86. The van der Waals surface area contributed by atoms with Crippen molar-refractivity contribution in [2.45, 2.75) is 34.2 Å². The van der Waals surface area contributed by atoms with Gasteiger partial charge in [0.1, 0.15) is 5.58 Å². The molecule has 2 aromatic carbocycles. The van der Waals surface area contributed by atoms with E-state index in [0.717, 1.165) is 27.6 Å². The number of carbonyl (C=O) groups is 1. The van der Waals surface area contributed by atoms with Crippen molar-refractivity contribution in [1.82, 2.24) is 4.90 Å². The molecule has 1 aromatic heterocycles. The van der Waals surface area contributed by atoms with E-state index in [1.807, 2.05) is 50.8 Å². The van der Waals surface area contributed by atoms with Crippen molar-refractivity contribution in [3.8, 4) is 0 Å². The first kappa shape index (κ1) is 21.1. The number of nitrogens with zero attached hydrogens (tertiary/aromatic N) is 1. The van der Waals surface area contributed by atoms with E-state index in [1.165, 1.54) is 6.07 Å². The molecule has 0 unspecified atom stereocenters. The molecule has 0 aliphatic carbocycles. The highest BCUT2D eigenvalue weighted by Gasteiger charge is 2.15. The van der Waals surface area contributed by atoms with E-state index in [-0.39, 0.29) is 18.1 Å². The molecule has 0 fully saturated rings. The van der Waals surface area contributed by atoms with Crippen LogP contribution >= 0.6 is 11.6 Å². The Morgan fingerprint density at radius 1 is 1.10 bits per heavy atom. The van der Waals surface area contributed by atoms with Crippen molar-refractivity contribution in [1.29, 1.82) is 0 Å². The molecule has 0 atom stereocenters. The van der Waals surface area contributed by atoms with Crippen LogP contribution in [0, 0.1) is 20.8 Å². The number of likely N-dealkylation sites (N-methyl/N-ethyl adjacent to an activating group) is 1. The molecule has 152 valence electrons. The van der Waals surface area contributed by atoms with Crippen LogP contribution in [-0.4, -0.2) is 23.9 Å². The molecule has 1 heterocycles. The second kappa shape index (κ2) is 8.80. The minimum atomic E-state index is -0.378. The first-order valence-electron chi connectivity index (χ1n) is 9.59. The molecular weight excluding hydrogens is 388 g/mol. The Kier molecular flexibility index (Phi) is 6.40. The fourth-order valence-corrected chi connectivity index (χ4v) is 3.47. The summed E-state index contributed by atoms with van der Waals surface area (Å²) in [6.07, 6.45) is 0. The minimum Gasteiger partial charge on any atom is -0.422 e. The number of nitrogens with one attached hydrogen (secondary N) is 1. The van der Waals surface area contributed by atoms with Gasteiger partial charge in [0, 0.05) is 28.7 Å². The van der Waals surface area contributed by atoms with Gasteiger partial charge in [-0.05, 0) is 61.7 Å². The number of aryl methyl sites for hydroxylation is 3. The summed E-state index contributed by atoms with van der Waals surface area (Å²) in [4.78, 5) is 26.7. The standard InChI is InChI=1S/C23H25ClN2O3/c1-5-26(13-21(27)25-20-11-18(24)8-6-15(20)3)12-17-10-22(28)29-23-16(4)14(2)7-9-19(17)23/h6-11H,5,12-13H2,1-4H3,(H,25,27). The maximum Gasteiger partial charge on any atom is 0.336 e. The zero-order chi connectivity index (χ0) is 21.1. The minimum absolute atomic E-state index is 0.128. The Hall–Kier alpha value is -2.63. The van der Waals surface area contributed by atoms with Gasteiger partial charge in [0.2, 0.25) is 5.91 Å². The Labute approximate surface area is 175 Å². The second-order valence-electron chi connectivity index (χ2n) is 7.29. The predicted molar refractivity (Wildman–Crippen MR) is 118 cm³/mol. The fourth-order valence-electron chi connectivity index (χ4n) is 3.30. The highest BCUT2D eigenvalue weighted by molar-refractivity contribution is 6.31. The fraction of sp³-hybridized carbons (Fsp3) is 0.304. The van der Waals surface area contributed by atoms with Crippen molar-refractivity contribution in [3.63, 3.8) is 0 Å². The van der Waals surface area contributed by atoms with Crippen molar-refractivity contribution < 1.29 is 9.21 Å². The maximum atomic E-state index is 12.6. The number of anilines is 1. The van der Waals surface area contributed by atoms with Crippen molar-refractivity contribution >= 4 is 34.2 Å². The second-order valence-corrected chi connectivity index (χ2v) is 7.72. The van der Waals surface area contributed by atoms with E-state index >= 15 is 0 Å². The molecule has 0 aliphatic heterocycles. The predicted octanol–water partition coefficient (Wildman–Crippen LogP) is 4.83. The number of rotatable bonds is 6. The first-order chi connectivity index (χ1) is 13.8. The Morgan fingerprint density at radius 2 is 1.83 bits per heavy atom. The van der Waals surface area contributed by atoms with Gasteiger partial charge >= 0.3 is 5.63 Å². The van der Waals surface area contributed by atoms with Gasteiger partial charge in [-0.25, -0.2) is 4.79 Å². The van der Waals surface area contributed by atoms with Gasteiger partial charge in [0.25, 0.3) is 0 Å². The van der Waals surface area contributed by atoms with Crippen LogP contribution in [0.2, 0.25) is 5.02 Å². The zero-order valence-electron chi connectivity index (χ0n) is 17.1. The number of hydrogen-bond donors (Lipinski definition) is 1. The van der Waals surface area contributed by atoms with Crippen LogP contribution in [-0.2, 0) is 11.3 Å². The van der Waals surface area contributed by atoms with Gasteiger partial charge in [0.05, 0.1) is 6.54 Å². The van der Waals surface area contributed by atoms with Gasteiger partial charge < -0.3 is 9.73 Å². The summed E-state index contributed by atoms with van der Waals surface area (Å²) in [5.74, 6) is -0.128. The molecule has 1 amide bonds. The van der Waals surface area contributed by atoms with Gasteiger partial charge in [-0.3, -0.25) is 9.69 Å². The Bertz CT molecular complexity index is 1120. The third-order valence-electron chi connectivity index (χ3n) is 5.20. The van der Waals surface area contributed by atoms with Gasteiger partial charge in [-0.15, -0.1) is 0 Å². The molecule has 0 saturated carbocycles. The molecule has 0 bridgehead atoms. The summed E-state index contributed by atoms with van der Waals surface area (Å²) < 4.78 is 5.45. The smallest absolute Gasteiger partial charge is 0.336 e. The van der Waals surface area contributed by atoms with Crippen molar-refractivity contribution in [2.75, 3.05) is 18.4 Å². The van der Waals surface area contributed by atoms with Crippen LogP contribution in [0.3, 0.4) is 0 Å². The normalized spacial score (nSPS) is 11.2. The van der Waals surface area contributed by atoms with Crippen LogP contribution in [0.4, 0.5) is 5.69 Å². The highest BCUT2D eigenvalue weighted by atomic mass is 35.5. The molecule has 0 radical (unpaired) electrons. The quantitative estimate of drug-likeness (QED) is 0.589. The number of benzene rings is 2. The van der Waals surface area contributed by atoms with Crippen LogP contribution in [0.1, 0.15) is 29.2 Å². The molecule has 5 nitrogen and oxygen atoms in total. The van der Waals surface area contributed by atoms with Crippen LogP contribution in [0.15, 0.2) is 45.6 Å². The lowest BCUT2D eigenvalue weighted by Gasteiger charge is -2.21. The zero-order valence-corrected chi connectivity index (χ0v) is 17.9. The largest absolute Gasteiger partial charge is 0.422 e. The van der Waals surface area contributed by atoms with E-state index in [2.05, 4.69) is 5.32 Å². The van der Waals surface area contributed by atoms with E-state index in [4.69, 9.17) is 16.0 Å². The number of amides is 1. The summed E-state index contributed by atoms with van der Waals surface area (Å²) in [5.41, 5.74) is 4.77. The van der Waals surface area contributed by atoms with Gasteiger partial charge in [-0.1, -0.05) is 36.7 Å². The molecular formula is C23H25ClN2O3. The lowest BCUT2D eigenvalue weighted by molar-refractivity contribution is -0.117. The number of carbonyl (C=O) groups excluding carboxylic acids is 1. The van der Waals surface area contributed by atoms with E-state index in [1.54, 1.807) is 12.1 Å². The average molecular weight is 413 g/mol. The number of hydrogen-bond acceptors (Lipinski definition) is 4. The Balaban J connectivity index is 1.81. The summed E-state index contributed by atoms with van der Waals surface area (Å²) in [6, 6.07) is 10.9. The first-order valence-corrected chi connectivity index (χ1v) is 9.97. The summed E-state index contributed by atoms with van der Waals surface area (Å²) >= 11 is 6.03. The molecule has 29 heavy (non-hydrogen) atoms. The van der Waals surface area contributed by atoms with E-state index in [0.29, 0.717) is 29.4 Å². The maximum absolute atomic E-state index is 12.6. The molecule has 1 N–H and O–H groups in total. The summed E-state index contributed by atoms with van der Waals surface area (Å²) in [6.45, 7) is 9.18.